The van der Waals surface area contributed by atoms with Gasteiger partial charge in [-0.1, -0.05) is 38.0 Å². The number of hydrogen-bond acceptors (Lipinski definition) is 6. The lowest BCUT2D eigenvalue weighted by Gasteiger charge is -2.43. The van der Waals surface area contributed by atoms with E-state index >= 15 is 0 Å². The van der Waals surface area contributed by atoms with Gasteiger partial charge >= 0.3 is 7.12 Å². The quantitative estimate of drug-likeness (QED) is 0.272. The predicted molar refractivity (Wildman–Crippen MR) is 134 cm³/mol. The van der Waals surface area contributed by atoms with Crippen molar-refractivity contribution in [3.05, 3.63) is 46.3 Å². The largest absolute Gasteiger partial charge is 0.505 e. The minimum absolute atomic E-state index is 0.177. The van der Waals surface area contributed by atoms with Crippen LogP contribution in [0, 0.1) is 23.6 Å². The molecule has 2 heterocycles. The van der Waals surface area contributed by atoms with Crippen molar-refractivity contribution in [2.75, 3.05) is 13.2 Å². The van der Waals surface area contributed by atoms with Crippen LogP contribution >= 0.6 is 0 Å². The molecule has 0 spiro atoms. The van der Waals surface area contributed by atoms with Crippen molar-refractivity contribution in [1.82, 2.24) is 4.90 Å². The smallest absolute Gasteiger partial charge is 0.455 e. The highest BCUT2D eigenvalue weighted by Crippen LogP contribution is 2.50. The van der Waals surface area contributed by atoms with Gasteiger partial charge in [0.1, 0.15) is 0 Å². The van der Waals surface area contributed by atoms with Gasteiger partial charge in [-0.3, -0.25) is 14.5 Å². The summed E-state index contributed by atoms with van der Waals surface area (Å²) in [5, 5.41) is 30.3. The lowest BCUT2D eigenvalue weighted by molar-refractivity contribution is -0.140. The molecule has 3 aliphatic rings. The minimum Gasteiger partial charge on any atom is -0.505 e. The third-order valence-corrected chi connectivity index (χ3v) is 7.68. The Bertz CT molecular complexity index is 1070. The molecule has 194 valence electrons. The number of carbonyl (C=O) groups excluding carboxylic acids is 2. The van der Waals surface area contributed by atoms with Gasteiger partial charge in [0, 0.05) is 6.54 Å². The first-order valence-corrected chi connectivity index (χ1v) is 13.0. The number of hydrogen-bond donors (Lipinski definition) is 3. The molecule has 4 rings (SSSR count). The Hall–Kier alpha value is -2.49. The molecule has 1 aliphatic carbocycles. The first-order chi connectivity index (χ1) is 17.3. The number of aliphatic hydroxyl groups excluding tert-OH is 1. The minimum atomic E-state index is -1.06. The van der Waals surface area contributed by atoms with Gasteiger partial charge in [0.2, 0.25) is 11.8 Å². The molecule has 0 bridgehead atoms. The van der Waals surface area contributed by atoms with Gasteiger partial charge in [-0.05, 0) is 73.2 Å². The molecule has 0 radical (unpaired) electrons. The van der Waals surface area contributed by atoms with E-state index in [1.165, 1.54) is 17.0 Å². The highest BCUT2D eigenvalue weighted by atomic mass is 19.1. The monoisotopic (exact) mass is 499 g/mol. The van der Waals surface area contributed by atoms with Crippen LogP contribution in [-0.4, -0.2) is 58.3 Å². The molecule has 2 amide bonds. The van der Waals surface area contributed by atoms with Gasteiger partial charge in [-0.25, -0.2) is 4.39 Å². The standard InChI is InChI=1S/C27H35BFNO6/c1-3-5-16(11-17-6-8-22(32)21(29)12-17)7-9-23-24-18(15-31)13-19-25(20(24)14-28(35)36-23)27(34)30(10-4-2)26(19)33/h6,8,11-12,19-20,23,25,31-32,35H,3-5,7,9-10,13-15H2,1-2H3/b16-11+/t19-,20+,23-,25-/m1/s1. The fourth-order valence-corrected chi connectivity index (χ4v) is 6.17. The fraction of sp³-hybridized carbons (Fsp3) is 0.556. The van der Waals surface area contributed by atoms with E-state index in [4.69, 9.17) is 4.65 Å². The second-order valence-electron chi connectivity index (χ2n) is 10.1. The topological polar surface area (TPSA) is 107 Å². The molecule has 2 saturated heterocycles. The number of carbonyl (C=O) groups is 2. The molecule has 1 aromatic carbocycles. The molecule has 36 heavy (non-hydrogen) atoms. The van der Waals surface area contributed by atoms with Gasteiger partial charge in [0.15, 0.2) is 11.6 Å². The van der Waals surface area contributed by atoms with Crippen molar-refractivity contribution in [3.63, 3.8) is 0 Å². The van der Waals surface area contributed by atoms with Crippen LogP contribution in [0.25, 0.3) is 6.08 Å². The van der Waals surface area contributed by atoms with E-state index in [0.29, 0.717) is 37.8 Å². The predicted octanol–water partition coefficient (Wildman–Crippen LogP) is 3.69. The van der Waals surface area contributed by atoms with E-state index in [1.807, 2.05) is 13.0 Å². The Labute approximate surface area is 211 Å². The number of likely N-dealkylation sites (tertiary alicyclic amines) is 1. The highest BCUT2D eigenvalue weighted by molar-refractivity contribution is 6.43. The number of fused-ring (bicyclic) bond motifs is 3. The molecule has 1 aromatic rings. The van der Waals surface area contributed by atoms with E-state index in [2.05, 4.69) is 6.92 Å². The number of phenols is 1. The van der Waals surface area contributed by atoms with Crippen LogP contribution in [0.1, 0.15) is 57.9 Å². The summed E-state index contributed by atoms with van der Waals surface area (Å²) >= 11 is 0. The van der Waals surface area contributed by atoms with E-state index in [-0.39, 0.29) is 30.7 Å². The number of aromatic hydroxyl groups is 1. The van der Waals surface area contributed by atoms with Crippen LogP contribution in [0.15, 0.2) is 34.9 Å². The SMILES string of the molecule is CCC/C(=C\c1ccc(O)c(F)c1)CC[C@H]1OB(O)C[C@H]2C1=C(CO)C[C@H]1C(=O)N(CCC)C(=O)[C@H]12. The second-order valence-corrected chi connectivity index (χ2v) is 10.1. The molecule has 2 fully saturated rings. The third kappa shape index (κ3) is 5.15. The van der Waals surface area contributed by atoms with E-state index in [0.717, 1.165) is 29.6 Å². The normalized spacial score (nSPS) is 26.5. The Balaban J connectivity index is 1.59. The number of allylic oxidation sites excluding steroid dienone is 1. The number of amides is 2. The van der Waals surface area contributed by atoms with Crippen LogP contribution in [0.4, 0.5) is 4.39 Å². The Morgan fingerprint density at radius 3 is 2.64 bits per heavy atom. The number of benzene rings is 1. The second kappa shape index (κ2) is 11.3. The summed E-state index contributed by atoms with van der Waals surface area (Å²) in [5.74, 6) is -2.79. The Morgan fingerprint density at radius 2 is 1.97 bits per heavy atom. The molecule has 0 aromatic heterocycles. The van der Waals surface area contributed by atoms with Crippen molar-refractivity contribution in [1.29, 1.82) is 0 Å². The Kier molecular flexibility index (Phi) is 8.32. The number of phenolic OH excluding ortho intramolecular Hbond substituents is 1. The maximum absolute atomic E-state index is 13.8. The molecule has 7 nitrogen and oxygen atoms in total. The number of aliphatic hydroxyl groups is 1. The molecular weight excluding hydrogens is 464 g/mol. The lowest BCUT2D eigenvalue weighted by Crippen LogP contribution is -2.46. The van der Waals surface area contributed by atoms with E-state index < -0.39 is 36.6 Å². The van der Waals surface area contributed by atoms with E-state index in [1.54, 1.807) is 6.07 Å². The molecule has 4 atom stereocenters. The zero-order valence-electron chi connectivity index (χ0n) is 21.0. The summed E-state index contributed by atoms with van der Waals surface area (Å²) in [5.41, 5.74) is 3.32. The molecule has 3 N–H and O–H groups in total. The fourth-order valence-electron chi connectivity index (χ4n) is 6.17. The molecule has 0 saturated carbocycles. The van der Waals surface area contributed by atoms with Crippen LogP contribution < -0.4 is 0 Å². The number of halogens is 1. The van der Waals surface area contributed by atoms with Gasteiger partial charge in [0.25, 0.3) is 0 Å². The molecular formula is C27H35BFNO6. The molecule has 9 heteroatoms. The van der Waals surface area contributed by atoms with Gasteiger partial charge < -0.3 is 19.9 Å². The number of nitrogens with zero attached hydrogens (tertiary/aromatic N) is 1. The van der Waals surface area contributed by atoms with E-state index in [9.17, 15) is 29.2 Å². The molecule has 0 unspecified atom stereocenters. The zero-order valence-corrected chi connectivity index (χ0v) is 21.0. The average Bonchev–Trinajstić information content (AvgIpc) is 3.09. The zero-order chi connectivity index (χ0) is 26.0. The van der Waals surface area contributed by atoms with Crippen LogP contribution in [0.3, 0.4) is 0 Å². The van der Waals surface area contributed by atoms with Crippen molar-refractivity contribution in [2.24, 2.45) is 17.8 Å². The summed E-state index contributed by atoms with van der Waals surface area (Å²) in [4.78, 5) is 27.6. The van der Waals surface area contributed by atoms with Crippen molar-refractivity contribution >= 4 is 25.0 Å². The first-order valence-electron chi connectivity index (χ1n) is 13.0. The van der Waals surface area contributed by atoms with Gasteiger partial charge in [-0.2, -0.15) is 0 Å². The summed E-state index contributed by atoms with van der Waals surface area (Å²) in [6.07, 6.45) is 5.48. The maximum Gasteiger partial charge on any atom is 0.455 e. The summed E-state index contributed by atoms with van der Waals surface area (Å²) < 4.78 is 19.8. The van der Waals surface area contributed by atoms with Gasteiger partial charge in [0.05, 0.1) is 24.5 Å². The maximum atomic E-state index is 13.8. The highest BCUT2D eigenvalue weighted by Gasteiger charge is 2.56. The number of rotatable bonds is 9. The van der Waals surface area contributed by atoms with Crippen LogP contribution in [-0.2, 0) is 14.2 Å². The molecule has 2 aliphatic heterocycles. The number of imide groups is 1. The summed E-state index contributed by atoms with van der Waals surface area (Å²) in [6.45, 7) is 4.14. The average molecular weight is 499 g/mol. The first kappa shape index (κ1) is 26.6. The third-order valence-electron chi connectivity index (χ3n) is 7.68. The summed E-state index contributed by atoms with van der Waals surface area (Å²) in [7, 11) is -1.06. The van der Waals surface area contributed by atoms with Crippen molar-refractivity contribution < 1.29 is 33.9 Å². The van der Waals surface area contributed by atoms with Gasteiger partial charge in [-0.15, -0.1) is 0 Å². The summed E-state index contributed by atoms with van der Waals surface area (Å²) in [6, 6.07) is 4.28. The van der Waals surface area contributed by atoms with Crippen LogP contribution in [0.5, 0.6) is 5.75 Å². The Morgan fingerprint density at radius 1 is 1.19 bits per heavy atom. The van der Waals surface area contributed by atoms with Crippen molar-refractivity contribution in [2.45, 2.75) is 64.8 Å². The lowest BCUT2D eigenvalue weighted by atomic mass is 9.58. The van der Waals surface area contributed by atoms with Crippen molar-refractivity contribution in [3.8, 4) is 5.75 Å². The van der Waals surface area contributed by atoms with Crippen LogP contribution in [0.2, 0.25) is 6.32 Å².